The first-order valence-electron chi connectivity index (χ1n) is 9.65. The smallest absolute Gasteiger partial charge is 0.295 e. The van der Waals surface area contributed by atoms with E-state index in [4.69, 9.17) is 0 Å². The van der Waals surface area contributed by atoms with Gasteiger partial charge in [0, 0.05) is 24.8 Å². The van der Waals surface area contributed by atoms with Crippen LogP contribution in [0.1, 0.15) is 31.1 Å². The number of carbonyl (C=O) groups is 2. The molecule has 29 heavy (non-hydrogen) atoms. The Morgan fingerprint density at radius 2 is 1.83 bits per heavy atom. The van der Waals surface area contributed by atoms with E-state index in [0.717, 1.165) is 13.1 Å². The largest absolute Gasteiger partial charge is 0.507 e. The minimum Gasteiger partial charge on any atom is -0.507 e. The molecule has 1 aromatic carbocycles. The molecular formula is C22H24FN3O3. The highest BCUT2D eigenvalue weighted by molar-refractivity contribution is 6.46. The Balaban J connectivity index is 2.06. The summed E-state index contributed by atoms with van der Waals surface area (Å²) in [5, 5.41) is 10.8. The zero-order valence-electron chi connectivity index (χ0n) is 16.5. The maximum absolute atomic E-state index is 13.3. The first-order valence-corrected chi connectivity index (χ1v) is 9.65. The molecule has 0 spiro atoms. The number of benzene rings is 1. The van der Waals surface area contributed by atoms with E-state index in [2.05, 4.69) is 9.88 Å². The normalized spacial score (nSPS) is 18.6. The van der Waals surface area contributed by atoms with E-state index < -0.39 is 23.5 Å². The second kappa shape index (κ2) is 8.96. The van der Waals surface area contributed by atoms with Gasteiger partial charge in [0.05, 0.1) is 11.3 Å². The summed E-state index contributed by atoms with van der Waals surface area (Å²) >= 11 is 0. The van der Waals surface area contributed by atoms with E-state index in [1.165, 1.54) is 29.2 Å². The molecule has 1 aliphatic heterocycles. The fourth-order valence-corrected chi connectivity index (χ4v) is 3.51. The molecule has 2 aromatic rings. The highest BCUT2D eigenvalue weighted by Gasteiger charge is 2.46. The van der Waals surface area contributed by atoms with Crippen molar-refractivity contribution in [1.29, 1.82) is 0 Å². The molecule has 2 heterocycles. The maximum Gasteiger partial charge on any atom is 0.295 e. The number of hydrogen-bond donors (Lipinski definition) is 1. The van der Waals surface area contributed by atoms with Gasteiger partial charge in [-0.25, -0.2) is 4.39 Å². The molecule has 1 unspecified atom stereocenters. The molecule has 1 saturated heterocycles. The zero-order valence-corrected chi connectivity index (χ0v) is 16.5. The van der Waals surface area contributed by atoms with Gasteiger partial charge < -0.3 is 14.9 Å². The highest BCUT2D eigenvalue weighted by atomic mass is 19.1. The molecule has 1 aliphatic rings. The van der Waals surface area contributed by atoms with E-state index >= 15 is 0 Å². The van der Waals surface area contributed by atoms with Gasteiger partial charge in [-0.15, -0.1) is 0 Å². The number of nitrogens with zero attached hydrogens (tertiary/aromatic N) is 3. The average molecular weight is 397 g/mol. The maximum atomic E-state index is 13.3. The van der Waals surface area contributed by atoms with E-state index in [0.29, 0.717) is 18.8 Å². The number of aliphatic hydroxyl groups excluding tert-OH is 1. The van der Waals surface area contributed by atoms with Gasteiger partial charge in [0.15, 0.2) is 0 Å². The topological polar surface area (TPSA) is 73.7 Å². The lowest BCUT2D eigenvalue weighted by Gasteiger charge is -2.27. The van der Waals surface area contributed by atoms with E-state index in [1.807, 2.05) is 13.8 Å². The van der Waals surface area contributed by atoms with Crippen LogP contribution in [0, 0.1) is 5.82 Å². The number of amides is 1. The van der Waals surface area contributed by atoms with Crippen LogP contribution in [0.15, 0.2) is 54.2 Å². The molecule has 3 rings (SSSR count). The first kappa shape index (κ1) is 20.7. The number of aliphatic hydroxyl groups is 1. The molecule has 7 heteroatoms. The Labute approximate surface area is 169 Å². The number of aromatic nitrogens is 1. The van der Waals surface area contributed by atoms with Crippen molar-refractivity contribution < 1.29 is 19.1 Å². The Morgan fingerprint density at radius 1 is 1.14 bits per heavy atom. The second-order valence-electron chi connectivity index (χ2n) is 6.78. The minimum absolute atomic E-state index is 0.0279. The SMILES string of the molecule is CCN(CC)CCN1C(=O)C(=O)/C(=C(\O)c2ccc(F)cc2)C1c1ccccn1. The average Bonchev–Trinajstić information content (AvgIpc) is 3.00. The molecular weight excluding hydrogens is 373 g/mol. The number of pyridine rings is 1. The van der Waals surface area contributed by atoms with Crippen molar-refractivity contribution >= 4 is 17.4 Å². The molecule has 1 amide bonds. The Kier molecular flexibility index (Phi) is 6.39. The van der Waals surface area contributed by atoms with Gasteiger partial charge in [-0.1, -0.05) is 19.9 Å². The summed E-state index contributed by atoms with van der Waals surface area (Å²) < 4.78 is 13.3. The summed E-state index contributed by atoms with van der Waals surface area (Å²) in [6.45, 7) is 6.63. The summed E-state index contributed by atoms with van der Waals surface area (Å²) in [6.07, 6.45) is 1.58. The molecule has 6 nitrogen and oxygen atoms in total. The lowest BCUT2D eigenvalue weighted by atomic mass is 9.98. The molecule has 1 atom stereocenters. The summed E-state index contributed by atoms with van der Waals surface area (Å²) in [7, 11) is 0. The van der Waals surface area contributed by atoms with Crippen molar-refractivity contribution in [2.75, 3.05) is 26.2 Å². The number of rotatable bonds is 7. The van der Waals surface area contributed by atoms with E-state index in [-0.39, 0.29) is 16.9 Å². The van der Waals surface area contributed by atoms with Crippen LogP contribution in [0.25, 0.3) is 5.76 Å². The Hall–Kier alpha value is -3.06. The third-order valence-electron chi connectivity index (χ3n) is 5.18. The van der Waals surface area contributed by atoms with Crippen molar-refractivity contribution in [2.45, 2.75) is 19.9 Å². The Morgan fingerprint density at radius 3 is 2.41 bits per heavy atom. The zero-order chi connectivity index (χ0) is 21.0. The second-order valence-corrected chi connectivity index (χ2v) is 6.78. The summed E-state index contributed by atoms with van der Waals surface area (Å²) in [4.78, 5) is 33.6. The van der Waals surface area contributed by atoms with Gasteiger partial charge in [-0.3, -0.25) is 14.6 Å². The van der Waals surface area contributed by atoms with Crippen LogP contribution in [0.5, 0.6) is 0 Å². The molecule has 0 saturated carbocycles. The van der Waals surface area contributed by atoms with Gasteiger partial charge in [0.25, 0.3) is 11.7 Å². The van der Waals surface area contributed by atoms with Crippen LogP contribution in [0.2, 0.25) is 0 Å². The number of ketones is 1. The fraction of sp³-hybridized carbons (Fsp3) is 0.318. The number of hydrogen-bond acceptors (Lipinski definition) is 5. The molecule has 0 aliphatic carbocycles. The summed E-state index contributed by atoms with van der Waals surface area (Å²) in [5.41, 5.74) is 0.740. The Bertz CT molecular complexity index is 909. The number of likely N-dealkylation sites (tertiary alicyclic amines) is 1. The van der Waals surface area contributed by atoms with Crippen LogP contribution < -0.4 is 0 Å². The third-order valence-corrected chi connectivity index (χ3v) is 5.18. The molecule has 152 valence electrons. The fourth-order valence-electron chi connectivity index (χ4n) is 3.51. The third kappa shape index (κ3) is 4.19. The van der Waals surface area contributed by atoms with Crippen molar-refractivity contribution in [1.82, 2.24) is 14.8 Å². The number of carbonyl (C=O) groups excluding carboxylic acids is 2. The van der Waals surface area contributed by atoms with Gasteiger partial charge >= 0.3 is 0 Å². The van der Waals surface area contributed by atoms with Gasteiger partial charge in [0.2, 0.25) is 0 Å². The minimum atomic E-state index is -0.795. The number of Topliss-reactive ketones (excluding diaryl/α,β-unsaturated/α-hetero) is 1. The monoisotopic (exact) mass is 397 g/mol. The molecule has 0 radical (unpaired) electrons. The van der Waals surface area contributed by atoms with Gasteiger partial charge in [0.1, 0.15) is 17.6 Å². The van der Waals surface area contributed by atoms with Crippen molar-refractivity contribution in [3.8, 4) is 0 Å². The van der Waals surface area contributed by atoms with Crippen molar-refractivity contribution in [3.05, 3.63) is 71.3 Å². The lowest BCUT2D eigenvalue weighted by molar-refractivity contribution is -0.140. The molecule has 1 N–H and O–H groups in total. The quantitative estimate of drug-likeness (QED) is 0.442. The van der Waals surface area contributed by atoms with Crippen LogP contribution >= 0.6 is 0 Å². The summed E-state index contributed by atoms with van der Waals surface area (Å²) in [6, 6.07) is 9.59. The molecule has 1 aromatic heterocycles. The highest BCUT2D eigenvalue weighted by Crippen LogP contribution is 2.38. The van der Waals surface area contributed by atoms with Gasteiger partial charge in [-0.05, 0) is 49.5 Å². The predicted molar refractivity (Wildman–Crippen MR) is 107 cm³/mol. The predicted octanol–water partition coefficient (Wildman–Crippen LogP) is 2.98. The number of likely N-dealkylation sites (N-methyl/N-ethyl adjacent to an activating group) is 1. The van der Waals surface area contributed by atoms with Crippen LogP contribution in [0.4, 0.5) is 4.39 Å². The standard InChI is InChI=1S/C22H24FN3O3/c1-3-25(4-2)13-14-26-19(17-7-5-6-12-24-17)18(21(28)22(26)29)20(27)15-8-10-16(23)11-9-15/h5-12,19,27H,3-4,13-14H2,1-2H3/b20-18-. The first-order chi connectivity index (χ1) is 14.0. The van der Waals surface area contributed by atoms with Crippen LogP contribution in [-0.4, -0.2) is 57.8 Å². The van der Waals surface area contributed by atoms with Gasteiger partial charge in [-0.2, -0.15) is 0 Å². The summed E-state index contributed by atoms with van der Waals surface area (Å²) in [5.74, 6) is -2.22. The van der Waals surface area contributed by atoms with E-state index in [1.54, 1.807) is 24.4 Å². The lowest BCUT2D eigenvalue weighted by Crippen LogP contribution is -2.38. The van der Waals surface area contributed by atoms with Crippen LogP contribution in [-0.2, 0) is 9.59 Å². The van der Waals surface area contributed by atoms with Crippen molar-refractivity contribution in [3.63, 3.8) is 0 Å². The van der Waals surface area contributed by atoms with Crippen molar-refractivity contribution in [2.24, 2.45) is 0 Å². The molecule has 0 bridgehead atoms. The van der Waals surface area contributed by atoms with E-state index in [9.17, 15) is 19.1 Å². The number of halogens is 1. The molecule has 1 fully saturated rings. The van der Waals surface area contributed by atoms with Crippen LogP contribution in [0.3, 0.4) is 0 Å².